The Morgan fingerprint density at radius 1 is 1.07 bits per heavy atom. The summed E-state index contributed by atoms with van der Waals surface area (Å²) in [7, 11) is 0. The average molecular weight is 187 g/mol. The summed E-state index contributed by atoms with van der Waals surface area (Å²) in [5.41, 5.74) is 1.36. The molecular weight excluding hydrogens is 172 g/mol. The largest absolute Gasteiger partial charge is 0.291 e. The van der Waals surface area contributed by atoms with Gasteiger partial charge in [0, 0.05) is 6.42 Å². The summed E-state index contributed by atoms with van der Waals surface area (Å²) in [6.07, 6.45) is 9.50. The van der Waals surface area contributed by atoms with E-state index in [0.717, 1.165) is 19.3 Å². The van der Waals surface area contributed by atoms with Gasteiger partial charge in [0.2, 0.25) is 0 Å². The van der Waals surface area contributed by atoms with Crippen molar-refractivity contribution in [3.8, 4) is 0 Å². The first-order valence-corrected chi connectivity index (χ1v) is 4.97. The lowest BCUT2D eigenvalue weighted by molar-refractivity contribution is 0.551. The van der Waals surface area contributed by atoms with Crippen molar-refractivity contribution in [3.05, 3.63) is 48.0 Å². The lowest BCUT2D eigenvalue weighted by Crippen LogP contribution is -1.81. The van der Waals surface area contributed by atoms with Gasteiger partial charge in [-0.15, -0.1) is 0 Å². The molecule has 1 aromatic rings. The van der Waals surface area contributed by atoms with E-state index in [1.54, 1.807) is 0 Å². The molecule has 0 aliphatic heterocycles. The predicted molar refractivity (Wildman–Crippen MR) is 58.8 cm³/mol. The average Bonchev–Trinajstić information content (AvgIpc) is 2.25. The number of unbranched alkanes of at least 4 members (excludes halogenated alkanes) is 1. The van der Waals surface area contributed by atoms with E-state index in [-0.39, 0.29) is 0 Å². The lowest BCUT2D eigenvalue weighted by Gasteiger charge is -1.95. The normalized spacial score (nSPS) is 10.6. The number of allylic oxidation sites excluding steroid dienone is 2. The maximum Gasteiger partial charge on any atom is 0.198 e. The second-order valence-electron chi connectivity index (χ2n) is 3.18. The Labute approximate surface area is 85.5 Å². The number of hydrogen-bond donors (Lipinski definition) is 0. The SMILES string of the molecule is O=[C]CC/C=C/CCc1ccccc1. The Kier molecular flexibility index (Phi) is 5.41. The highest BCUT2D eigenvalue weighted by Crippen LogP contribution is 2.03. The zero-order valence-electron chi connectivity index (χ0n) is 8.28. The van der Waals surface area contributed by atoms with Crippen molar-refractivity contribution >= 4 is 6.29 Å². The first-order valence-electron chi connectivity index (χ1n) is 4.97. The Morgan fingerprint density at radius 2 is 1.79 bits per heavy atom. The van der Waals surface area contributed by atoms with Crippen LogP contribution in [0.3, 0.4) is 0 Å². The standard InChI is InChI=1S/C13H15O/c14-12-8-3-1-2-5-9-13-10-6-4-7-11-13/h1-2,4,6-7,10-11H,3,5,8-9H2/b2-1+. The fraction of sp³-hybridized carbons (Fsp3) is 0.308. The van der Waals surface area contributed by atoms with E-state index >= 15 is 0 Å². The third-order valence-corrected chi connectivity index (χ3v) is 2.02. The molecule has 0 unspecified atom stereocenters. The number of aryl methyl sites for hydroxylation is 1. The molecule has 1 rings (SSSR count). The van der Waals surface area contributed by atoms with E-state index in [4.69, 9.17) is 0 Å². The smallest absolute Gasteiger partial charge is 0.198 e. The summed E-state index contributed by atoms with van der Waals surface area (Å²) < 4.78 is 0. The van der Waals surface area contributed by atoms with Crippen LogP contribution in [0.4, 0.5) is 0 Å². The number of rotatable bonds is 6. The molecule has 1 heteroatoms. The number of carbonyl (C=O) groups excluding carboxylic acids is 1. The maximum atomic E-state index is 9.90. The summed E-state index contributed by atoms with van der Waals surface area (Å²) in [5.74, 6) is 0. The Balaban J connectivity index is 2.15. The quantitative estimate of drug-likeness (QED) is 0.494. The van der Waals surface area contributed by atoms with Crippen LogP contribution in [0.1, 0.15) is 24.8 Å². The number of benzene rings is 1. The molecule has 0 amide bonds. The van der Waals surface area contributed by atoms with Crippen molar-refractivity contribution in [2.24, 2.45) is 0 Å². The molecule has 0 saturated heterocycles. The van der Waals surface area contributed by atoms with Crippen molar-refractivity contribution in [3.63, 3.8) is 0 Å². The molecule has 73 valence electrons. The minimum Gasteiger partial charge on any atom is -0.291 e. The van der Waals surface area contributed by atoms with Gasteiger partial charge in [-0.2, -0.15) is 0 Å². The second-order valence-corrected chi connectivity index (χ2v) is 3.18. The van der Waals surface area contributed by atoms with Crippen molar-refractivity contribution in [2.75, 3.05) is 0 Å². The molecular formula is C13H15O. The van der Waals surface area contributed by atoms with Gasteiger partial charge in [-0.1, -0.05) is 42.5 Å². The van der Waals surface area contributed by atoms with E-state index in [0.29, 0.717) is 6.42 Å². The van der Waals surface area contributed by atoms with Crippen LogP contribution in [0.15, 0.2) is 42.5 Å². The van der Waals surface area contributed by atoms with Gasteiger partial charge in [-0.3, -0.25) is 4.79 Å². The summed E-state index contributed by atoms with van der Waals surface area (Å²) >= 11 is 0. The van der Waals surface area contributed by atoms with E-state index < -0.39 is 0 Å². The molecule has 14 heavy (non-hydrogen) atoms. The molecule has 0 heterocycles. The van der Waals surface area contributed by atoms with Gasteiger partial charge >= 0.3 is 0 Å². The van der Waals surface area contributed by atoms with Crippen LogP contribution in [0.5, 0.6) is 0 Å². The summed E-state index contributed by atoms with van der Waals surface area (Å²) in [4.78, 5) is 9.90. The first kappa shape index (κ1) is 10.7. The van der Waals surface area contributed by atoms with Crippen molar-refractivity contribution < 1.29 is 4.79 Å². The molecule has 0 N–H and O–H groups in total. The van der Waals surface area contributed by atoms with Crippen molar-refractivity contribution in [1.82, 2.24) is 0 Å². The van der Waals surface area contributed by atoms with Gasteiger partial charge < -0.3 is 0 Å². The fourth-order valence-electron chi connectivity index (χ4n) is 1.27. The van der Waals surface area contributed by atoms with Gasteiger partial charge in [0.05, 0.1) is 0 Å². The Bertz CT molecular complexity index is 275. The third-order valence-electron chi connectivity index (χ3n) is 2.02. The lowest BCUT2D eigenvalue weighted by atomic mass is 10.1. The Hall–Kier alpha value is -1.37. The molecule has 0 aliphatic rings. The number of hydrogen-bond acceptors (Lipinski definition) is 1. The molecule has 1 aromatic carbocycles. The molecule has 0 fully saturated rings. The van der Waals surface area contributed by atoms with Crippen molar-refractivity contribution in [1.29, 1.82) is 0 Å². The van der Waals surface area contributed by atoms with Gasteiger partial charge in [-0.25, -0.2) is 0 Å². The summed E-state index contributed by atoms with van der Waals surface area (Å²) in [5, 5.41) is 0. The van der Waals surface area contributed by atoms with Gasteiger partial charge in [0.15, 0.2) is 6.29 Å². The topological polar surface area (TPSA) is 17.1 Å². The van der Waals surface area contributed by atoms with Crippen LogP contribution in [0.2, 0.25) is 0 Å². The molecule has 0 spiro atoms. The van der Waals surface area contributed by atoms with Gasteiger partial charge in [-0.05, 0) is 24.8 Å². The zero-order valence-corrected chi connectivity index (χ0v) is 8.28. The van der Waals surface area contributed by atoms with E-state index in [1.807, 2.05) is 18.4 Å². The van der Waals surface area contributed by atoms with E-state index in [1.165, 1.54) is 5.56 Å². The fourth-order valence-corrected chi connectivity index (χ4v) is 1.27. The van der Waals surface area contributed by atoms with Gasteiger partial charge in [0.1, 0.15) is 0 Å². The van der Waals surface area contributed by atoms with Crippen LogP contribution in [0.25, 0.3) is 0 Å². The molecule has 0 aromatic heterocycles. The molecule has 0 aliphatic carbocycles. The highest BCUT2D eigenvalue weighted by molar-refractivity contribution is 5.50. The minimum absolute atomic E-state index is 0.516. The molecule has 0 atom stereocenters. The minimum atomic E-state index is 0.516. The first-order chi connectivity index (χ1) is 6.93. The highest BCUT2D eigenvalue weighted by atomic mass is 16.1. The highest BCUT2D eigenvalue weighted by Gasteiger charge is 1.87. The monoisotopic (exact) mass is 187 g/mol. The summed E-state index contributed by atoms with van der Waals surface area (Å²) in [6, 6.07) is 10.4. The zero-order chi connectivity index (χ0) is 10.1. The third kappa shape index (κ3) is 4.61. The molecule has 0 bridgehead atoms. The molecule has 1 radical (unpaired) electrons. The van der Waals surface area contributed by atoms with E-state index in [2.05, 4.69) is 30.3 Å². The molecule has 0 saturated carbocycles. The predicted octanol–water partition coefficient (Wildman–Crippen LogP) is 3.07. The van der Waals surface area contributed by atoms with Crippen LogP contribution in [-0.2, 0) is 11.2 Å². The van der Waals surface area contributed by atoms with Crippen LogP contribution in [-0.4, -0.2) is 6.29 Å². The second kappa shape index (κ2) is 7.07. The van der Waals surface area contributed by atoms with Crippen LogP contribution >= 0.6 is 0 Å². The van der Waals surface area contributed by atoms with Gasteiger partial charge in [0.25, 0.3) is 0 Å². The molecule has 1 nitrogen and oxygen atoms in total. The van der Waals surface area contributed by atoms with E-state index in [9.17, 15) is 4.79 Å². The maximum absolute atomic E-state index is 9.90. The Morgan fingerprint density at radius 3 is 2.50 bits per heavy atom. The summed E-state index contributed by atoms with van der Waals surface area (Å²) in [6.45, 7) is 0. The van der Waals surface area contributed by atoms with Crippen LogP contribution < -0.4 is 0 Å². The van der Waals surface area contributed by atoms with Crippen molar-refractivity contribution in [2.45, 2.75) is 25.7 Å². The van der Waals surface area contributed by atoms with Crippen LogP contribution in [0, 0.1) is 0 Å².